The van der Waals surface area contributed by atoms with Crippen molar-refractivity contribution in [1.29, 1.82) is 0 Å². The standard InChI is InChI=1S/C14H15N7O/c1-2-11-7-12(18-17-11)8-15-14(22)10-4-3-5-13(6-10)21-9-16-19-20-21/h3-7,9H,2,8H2,1H3,(H,15,22)(H,17,18). The quantitative estimate of drug-likeness (QED) is 0.728. The Hall–Kier alpha value is -3.03. The van der Waals surface area contributed by atoms with Crippen molar-refractivity contribution in [2.75, 3.05) is 0 Å². The predicted octanol–water partition coefficient (Wildman–Crippen LogP) is 0.878. The van der Waals surface area contributed by atoms with Crippen LogP contribution in [0.25, 0.3) is 5.69 Å². The second-order valence-electron chi connectivity index (χ2n) is 4.73. The molecule has 1 amide bonds. The molecular weight excluding hydrogens is 282 g/mol. The van der Waals surface area contributed by atoms with Gasteiger partial charge in [0.15, 0.2) is 0 Å². The first-order valence-corrected chi connectivity index (χ1v) is 6.91. The highest BCUT2D eigenvalue weighted by molar-refractivity contribution is 5.94. The zero-order valence-electron chi connectivity index (χ0n) is 12.0. The fraction of sp³-hybridized carbons (Fsp3) is 0.214. The van der Waals surface area contributed by atoms with Crippen LogP contribution in [-0.2, 0) is 13.0 Å². The monoisotopic (exact) mass is 297 g/mol. The number of H-pyrrole nitrogens is 1. The molecule has 1 aromatic carbocycles. The number of aromatic nitrogens is 6. The number of hydrogen-bond acceptors (Lipinski definition) is 5. The number of rotatable bonds is 5. The normalized spacial score (nSPS) is 10.6. The molecule has 3 aromatic rings. The molecule has 3 rings (SSSR count). The number of nitrogens with zero attached hydrogens (tertiary/aromatic N) is 5. The van der Waals surface area contributed by atoms with Crippen LogP contribution in [0.2, 0.25) is 0 Å². The van der Waals surface area contributed by atoms with Crippen LogP contribution in [0.1, 0.15) is 28.7 Å². The van der Waals surface area contributed by atoms with E-state index in [0.29, 0.717) is 12.1 Å². The van der Waals surface area contributed by atoms with Crippen LogP contribution in [0.4, 0.5) is 0 Å². The van der Waals surface area contributed by atoms with Crippen molar-refractivity contribution in [2.24, 2.45) is 0 Å². The van der Waals surface area contributed by atoms with Crippen molar-refractivity contribution in [1.82, 2.24) is 35.7 Å². The first kappa shape index (κ1) is 13.9. The smallest absolute Gasteiger partial charge is 0.251 e. The lowest BCUT2D eigenvalue weighted by atomic mass is 10.2. The summed E-state index contributed by atoms with van der Waals surface area (Å²) in [5.74, 6) is -0.164. The van der Waals surface area contributed by atoms with Gasteiger partial charge in [-0.05, 0) is 41.1 Å². The highest BCUT2D eigenvalue weighted by atomic mass is 16.1. The van der Waals surface area contributed by atoms with Crippen molar-refractivity contribution >= 4 is 5.91 Å². The number of nitrogens with one attached hydrogen (secondary N) is 2. The van der Waals surface area contributed by atoms with Crippen molar-refractivity contribution < 1.29 is 4.79 Å². The molecule has 0 saturated carbocycles. The number of hydrogen-bond donors (Lipinski definition) is 2. The van der Waals surface area contributed by atoms with E-state index in [1.807, 2.05) is 19.1 Å². The maximum absolute atomic E-state index is 12.2. The molecule has 2 N–H and O–H groups in total. The minimum atomic E-state index is -0.164. The van der Waals surface area contributed by atoms with Gasteiger partial charge in [-0.15, -0.1) is 5.10 Å². The molecule has 0 radical (unpaired) electrons. The first-order chi connectivity index (χ1) is 10.8. The van der Waals surface area contributed by atoms with E-state index in [1.165, 1.54) is 11.0 Å². The summed E-state index contributed by atoms with van der Waals surface area (Å²) in [7, 11) is 0. The molecule has 8 nitrogen and oxygen atoms in total. The molecule has 0 saturated heterocycles. The van der Waals surface area contributed by atoms with Gasteiger partial charge < -0.3 is 5.32 Å². The minimum Gasteiger partial charge on any atom is -0.346 e. The Labute approximate surface area is 126 Å². The van der Waals surface area contributed by atoms with E-state index >= 15 is 0 Å². The summed E-state index contributed by atoms with van der Waals surface area (Å²) in [6, 6.07) is 9.04. The Morgan fingerprint density at radius 2 is 2.27 bits per heavy atom. The fourth-order valence-electron chi connectivity index (χ4n) is 2.03. The average Bonchev–Trinajstić information content (AvgIpc) is 3.24. The second-order valence-corrected chi connectivity index (χ2v) is 4.73. The summed E-state index contributed by atoms with van der Waals surface area (Å²) in [6.07, 6.45) is 2.34. The van der Waals surface area contributed by atoms with E-state index < -0.39 is 0 Å². The van der Waals surface area contributed by atoms with Gasteiger partial charge in [-0.25, -0.2) is 4.68 Å². The third-order valence-electron chi connectivity index (χ3n) is 3.21. The van der Waals surface area contributed by atoms with E-state index in [4.69, 9.17) is 0 Å². The number of aryl methyl sites for hydroxylation is 1. The van der Waals surface area contributed by atoms with Crippen molar-refractivity contribution in [2.45, 2.75) is 19.9 Å². The fourth-order valence-corrected chi connectivity index (χ4v) is 2.03. The molecule has 22 heavy (non-hydrogen) atoms. The van der Waals surface area contributed by atoms with Crippen molar-refractivity contribution in [3.63, 3.8) is 0 Å². The van der Waals surface area contributed by atoms with Crippen LogP contribution >= 0.6 is 0 Å². The lowest BCUT2D eigenvalue weighted by Crippen LogP contribution is -2.23. The number of benzene rings is 1. The summed E-state index contributed by atoms with van der Waals surface area (Å²) in [5.41, 5.74) is 3.13. The van der Waals surface area contributed by atoms with Gasteiger partial charge in [-0.2, -0.15) is 5.10 Å². The van der Waals surface area contributed by atoms with Crippen molar-refractivity contribution in [3.05, 3.63) is 53.6 Å². The summed E-state index contributed by atoms with van der Waals surface area (Å²) < 4.78 is 1.50. The summed E-state index contributed by atoms with van der Waals surface area (Å²) in [5, 5.41) is 20.9. The highest BCUT2D eigenvalue weighted by Gasteiger charge is 2.08. The topological polar surface area (TPSA) is 101 Å². The van der Waals surface area contributed by atoms with E-state index in [0.717, 1.165) is 23.5 Å². The average molecular weight is 297 g/mol. The number of carbonyl (C=O) groups is 1. The van der Waals surface area contributed by atoms with Gasteiger partial charge >= 0.3 is 0 Å². The summed E-state index contributed by atoms with van der Waals surface area (Å²) in [6.45, 7) is 2.43. The molecule has 0 aliphatic heterocycles. The molecule has 112 valence electrons. The Kier molecular flexibility index (Phi) is 3.90. The van der Waals surface area contributed by atoms with Gasteiger partial charge in [0.25, 0.3) is 5.91 Å². The number of carbonyl (C=O) groups excluding carboxylic acids is 1. The molecule has 0 bridgehead atoms. The van der Waals surface area contributed by atoms with Crippen LogP contribution < -0.4 is 5.32 Å². The number of tetrazole rings is 1. The van der Waals surface area contributed by atoms with Gasteiger partial charge in [0.2, 0.25) is 0 Å². The van der Waals surface area contributed by atoms with Crippen LogP contribution in [-0.4, -0.2) is 36.3 Å². The second kappa shape index (κ2) is 6.17. The molecule has 0 spiro atoms. The van der Waals surface area contributed by atoms with E-state index in [-0.39, 0.29) is 5.91 Å². The van der Waals surface area contributed by atoms with Crippen molar-refractivity contribution in [3.8, 4) is 5.69 Å². The Bertz CT molecular complexity index is 763. The first-order valence-electron chi connectivity index (χ1n) is 6.91. The molecule has 0 aliphatic carbocycles. The van der Waals surface area contributed by atoms with Crippen LogP contribution in [0, 0.1) is 0 Å². The van der Waals surface area contributed by atoms with E-state index in [9.17, 15) is 4.79 Å². The Morgan fingerprint density at radius 1 is 1.36 bits per heavy atom. The Balaban J connectivity index is 1.68. The van der Waals surface area contributed by atoms with Gasteiger partial charge in [0.05, 0.1) is 23.6 Å². The molecule has 0 aliphatic rings. The summed E-state index contributed by atoms with van der Waals surface area (Å²) >= 11 is 0. The molecule has 2 aromatic heterocycles. The molecule has 8 heteroatoms. The van der Waals surface area contributed by atoms with E-state index in [2.05, 4.69) is 31.0 Å². The molecular formula is C14H15N7O. The number of amides is 1. The largest absolute Gasteiger partial charge is 0.346 e. The predicted molar refractivity (Wildman–Crippen MR) is 78.3 cm³/mol. The third-order valence-corrected chi connectivity index (χ3v) is 3.21. The molecule has 0 unspecified atom stereocenters. The van der Waals surface area contributed by atoms with Gasteiger partial charge in [0.1, 0.15) is 6.33 Å². The minimum absolute atomic E-state index is 0.164. The lowest BCUT2D eigenvalue weighted by Gasteiger charge is -2.05. The number of aromatic amines is 1. The SMILES string of the molecule is CCc1cc(CNC(=O)c2cccc(-n3cnnn3)c2)[nH]n1. The van der Waals surface area contributed by atoms with Crippen LogP contribution in [0.15, 0.2) is 36.7 Å². The lowest BCUT2D eigenvalue weighted by molar-refractivity contribution is 0.0950. The maximum Gasteiger partial charge on any atom is 0.251 e. The van der Waals surface area contributed by atoms with Gasteiger partial charge in [-0.3, -0.25) is 9.89 Å². The molecule has 0 atom stereocenters. The summed E-state index contributed by atoms with van der Waals surface area (Å²) in [4.78, 5) is 12.2. The zero-order chi connectivity index (χ0) is 15.4. The van der Waals surface area contributed by atoms with E-state index in [1.54, 1.807) is 18.2 Å². The maximum atomic E-state index is 12.2. The van der Waals surface area contributed by atoms with Crippen LogP contribution in [0.3, 0.4) is 0 Å². The van der Waals surface area contributed by atoms with Gasteiger partial charge in [-0.1, -0.05) is 13.0 Å². The third kappa shape index (κ3) is 3.00. The Morgan fingerprint density at radius 3 is 3.00 bits per heavy atom. The van der Waals surface area contributed by atoms with Gasteiger partial charge in [0, 0.05) is 5.56 Å². The zero-order valence-corrected chi connectivity index (χ0v) is 12.0. The van der Waals surface area contributed by atoms with Crippen LogP contribution in [0.5, 0.6) is 0 Å². The molecule has 2 heterocycles. The highest BCUT2D eigenvalue weighted by Crippen LogP contribution is 2.09. The molecule has 0 fully saturated rings.